The summed E-state index contributed by atoms with van der Waals surface area (Å²) in [6.45, 7) is 2.60. The van der Waals surface area contributed by atoms with E-state index in [4.69, 9.17) is 17.3 Å². The molecule has 0 spiro atoms. The Labute approximate surface area is 122 Å². The van der Waals surface area contributed by atoms with Crippen LogP contribution in [-0.2, 0) is 16.6 Å². The maximum absolute atomic E-state index is 12.2. The quantitative estimate of drug-likeness (QED) is 0.877. The molecule has 0 aliphatic rings. The minimum atomic E-state index is -3.68. The van der Waals surface area contributed by atoms with Gasteiger partial charge in [0.1, 0.15) is 4.90 Å². The number of aromatic nitrogens is 2. The van der Waals surface area contributed by atoms with Crippen LogP contribution in [-0.4, -0.2) is 24.7 Å². The molecule has 1 aromatic heterocycles. The summed E-state index contributed by atoms with van der Waals surface area (Å²) in [5.74, 6) is 0. The maximum atomic E-state index is 12.2. The van der Waals surface area contributed by atoms with Crippen LogP contribution < -0.4 is 10.5 Å². The van der Waals surface area contributed by atoms with Crippen LogP contribution in [0, 0.1) is 6.92 Å². The van der Waals surface area contributed by atoms with Gasteiger partial charge in [-0.15, -0.1) is 0 Å². The number of hydrogen-bond acceptors (Lipinski definition) is 4. The van der Waals surface area contributed by atoms with Crippen molar-refractivity contribution in [3.63, 3.8) is 0 Å². The van der Waals surface area contributed by atoms with Crippen LogP contribution in [0.25, 0.3) is 0 Å². The first kappa shape index (κ1) is 14.8. The van der Waals surface area contributed by atoms with Gasteiger partial charge in [0.15, 0.2) is 0 Å². The molecule has 6 nitrogen and oxygen atoms in total. The number of halogens is 1. The average Bonchev–Trinajstić information content (AvgIpc) is 2.85. The van der Waals surface area contributed by atoms with E-state index in [2.05, 4.69) is 9.82 Å². The Kier molecular flexibility index (Phi) is 4.32. The highest BCUT2D eigenvalue weighted by Gasteiger charge is 2.18. The van der Waals surface area contributed by atoms with E-state index in [1.54, 1.807) is 25.1 Å². The lowest BCUT2D eigenvalue weighted by molar-refractivity contribution is 0.599. The molecule has 0 radical (unpaired) electrons. The molecule has 0 saturated carbocycles. The fraction of sp³-hybridized carbons (Fsp3) is 0.250. The lowest BCUT2D eigenvalue weighted by atomic mass is 10.2. The molecule has 1 heterocycles. The molecule has 20 heavy (non-hydrogen) atoms. The summed E-state index contributed by atoms with van der Waals surface area (Å²) in [5.41, 5.74) is 6.52. The van der Waals surface area contributed by atoms with Gasteiger partial charge in [-0.05, 0) is 24.6 Å². The van der Waals surface area contributed by atoms with Crippen molar-refractivity contribution in [1.82, 2.24) is 9.78 Å². The molecule has 1 aromatic carbocycles. The zero-order valence-corrected chi connectivity index (χ0v) is 12.4. The van der Waals surface area contributed by atoms with Gasteiger partial charge in [0.25, 0.3) is 10.0 Å². The van der Waals surface area contributed by atoms with Crippen LogP contribution in [0.4, 0.5) is 5.69 Å². The molecule has 0 aliphatic heterocycles. The van der Waals surface area contributed by atoms with Gasteiger partial charge in [-0.3, -0.25) is 9.40 Å². The van der Waals surface area contributed by atoms with E-state index in [1.165, 1.54) is 17.1 Å². The molecule has 0 fully saturated rings. The summed E-state index contributed by atoms with van der Waals surface area (Å²) >= 11 is 5.97. The van der Waals surface area contributed by atoms with E-state index in [0.29, 0.717) is 29.4 Å². The van der Waals surface area contributed by atoms with Gasteiger partial charge in [-0.1, -0.05) is 17.7 Å². The summed E-state index contributed by atoms with van der Waals surface area (Å²) < 4.78 is 28.5. The fourth-order valence-corrected chi connectivity index (χ4v) is 2.91. The normalized spacial score (nSPS) is 11.6. The number of benzene rings is 1. The number of sulfonamides is 1. The lowest BCUT2D eigenvalue weighted by Crippen LogP contribution is -2.14. The summed E-state index contributed by atoms with van der Waals surface area (Å²) in [5, 5.41) is 4.45. The van der Waals surface area contributed by atoms with Gasteiger partial charge in [-0.2, -0.15) is 5.10 Å². The van der Waals surface area contributed by atoms with Crippen LogP contribution in [0.1, 0.15) is 5.56 Å². The van der Waals surface area contributed by atoms with Crippen LogP contribution in [0.3, 0.4) is 0 Å². The third kappa shape index (κ3) is 3.12. The van der Waals surface area contributed by atoms with Crippen LogP contribution in [0.5, 0.6) is 0 Å². The van der Waals surface area contributed by atoms with Gasteiger partial charge in [-0.25, -0.2) is 8.42 Å². The van der Waals surface area contributed by atoms with Crippen molar-refractivity contribution in [2.24, 2.45) is 5.73 Å². The second kappa shape index (κ2) is 5.82. The van der Waals surface area contributed by atoms with Crippen LogP contribution in [0.15, 0.2) is 35.5 Å². The van der Waals surface area contributed by atoms with E-state index in [1.807, 2.05) is 0 Å². The molecule has 2 aromatic rings. The first-order valence-corrected chi connectivity index (χ1v) is 7.80. The standard InChI is InChI=1S/C12H15ClN4O2S/c1-9-11(13)3-2-4-12(9)16-20(18,19)10-7-15-17(8-10)6-5-14/h2-4,7-8,16H,5-6,14H2,1H3. The van der Waals surface area contributed by atoms with Crippen molar-refractivity contribution in [2.45, 2.75) is 18.4 Å². The van der Waals surface area contributed by atoms with Crippen molar-refractivity contribution < 1.29 is 8.42 Å². The first-order chi connectivity index (χ1) is 9.44. The van der Waals surface area contributed by atoms with E-state index < -0.39 is 10.0 Å². The van der Waals surface area contributed by atoms with E-state index in [-0.39, 0.29) is 4.90 Å². The number of anilines is 1. The zero-order chi connectivity index (χ0) is 14.8. The molecule has 0 aliphatic carbocycles. The molecule has 0 unspecified atom stereocenters. The fourth-order valence-electron chi connectivity index (χ4n) is 1.66. The van der Waals surface area contributed by atoms with Gasteiger partial charge < -0.3 is 5.73 Å². The van der Waals surface area contributed by atoms with Gasteiger partial charge in [0.2, 0.25) is 0 Å². The van der Waals surface area contributed by atoms with E-state index >= 15 is 0 Å². The molecule has 0 saturated heterocycles. The highest BCUT2D eigenvalue weighted by atomic mass is 35.5. The minimum absolute atomic E-state index is 0.0883. The van der Waals surface area contributed by atoms with E-state index in [9.17, 15) is 8.42 Å². The molecule has 0 atom stereocenters. The number of nitrogens with zero attached hydrogens (tertiary/aromatic N) is 2. The van der Waals surface area contributed by atoms with E-state index in [0.717, 1.165) is 0 Å². The Morgan fingerprint density at radius 2 is 2.20 bits per heavy atom. The topological polar surface area (TPSA) is 90.0 Å². The van der Waals surface area contributed by atoms with Crippen LogP contribution >= 0.6 is 11.6 Å². The average molecular weight is 315 g/mol. The molecule has 0 bridgehead atoms. The predicted octanol–water partition coefficient (Wildman–Crippen LogP) is 1.60. The summed E-state index contributed by atoms with van der Waals surface area (Å²) in [7, 11) is -3.68. The lowest BCUT2D eigenvalue weighted by Gasteiger charge is -2.10. The second-order valence-corrected chi connectivity index (χ2v) is 6.34. The minimum Gasteiger partial charge on any atom is -0.329 e. The molecular formula is C12H15ClN4O2S. The SMILES string of the molecule is Cc1c(Cl)cccc1NS(=O)(=O)c1cnn(CCN)c1. The number of hydrogen-bond donors (Lipinski definition) is 2. The molecular weight excluding hydrogens is 300 g/mol. The Hall–Kier alpha value is -1.57. The van der Waals surface area contributed by atoms with Gasteiger partial charge in [0, 0.05) is 17.8 Å². The van der Waals surface area contributed by atoms with Crippen molar-refractivity contribution >= 4 is 27.3 Å². The molecule has 0 amide bonds. The smallest absolute Gasteiger partial charge is 0.265 e. The third-order valence-corrected chi connectivity index (χ3v) is 4.52. The van der Waals surface area contributed by atoms with Crippen molar-refractivity contribution in [1.29, 1.82) is 0 Å². The largest absolute Gasteiger partial charge is 0.329 e. The molecule has 108 valence electrons. The number of rotatable bonds is 5. The maximum Gasteiger partial charge on any atom is 0.265 e. The Balaban J connectivity index is 2.28. The summed E-state index contributed by atoms with van der Waals surface area (Å²) in [4.78, 5) is 0.0883. The van der Waals surface area contributed by atoms with Crippen molar-refractivity contribution in [3.05, 3.63) is 41.2 Å². The zero-order valence-electron chi connectivity index (χ0n) is 10.9. The number of nitrogens with two attached hydrogens (primary N) is 1. The first-order valence-electron chi connectivity index (χ1n) is 5.94. The highest BCUT2D eigenvalue weighted by Crippen LogP contribution is 2.25. The second-order valence-electron chi connectivity index (χ2n) is 4.25. The molecule has 2 rings (SSSR count). The summed E-state index contributed by atoms with van der Waals surface area (Å²) in [6.07, 6.45) is 2.73. The molecule has 8 heteroatoms. The Morgan fingerprint density at radius 3 is 2.90 bits per heavy atom. The monoisotopic (exact) mass is 314 g/mol. The Bertz CT molecular complexity index is 712. The summed E-state index contributed by atoms with van der Waals surface area (Å²) in [6, 6.07) is 5.04. The predicted molar refractivity (Wildman–Crippen MR) is 78.3 cm³/mol. The van der Waals surface area contributed by atoms with Crippen LogP contribution in [0.2, 0.25) is 5.02 Å². The Morgan fingerprint density at radius 1 is 1.45 bits per heavy atom. The highest BCUT2D eigenvalue weighted by molar-refractivity contribution is 7.92. The van der Waals surface area contributed by atoms with Crippen molar-refractivity contribution in [2.75, 3.05) is 11.3 Å². The van der Waals surface area contributed by atoms with Gasteiger partial charge >= 0.3 is 0 Å². The van der Waals surface area contributed by atoms with Crippen molar-refractivity contribution in [3.8, 4) is 0 Å². The van der Waals surface area contributed by atoms with Gasteiger partial charge in [0.05, 0.1) is 18.4 Å². The number of nitrogens with one attached hydrogen (secondary N) is 1. The third-order valence-electron chi connectivity index (χ3n) is 2.79. The molecule has 3 N–H and O–H groups in total.